The topological polar surface area (TPSA) is 101 Å². The summed E-state index contributed by atoms with van der Waals surface area (Å²) >= 11 is 0. The van der Waals surface area contributed by atoms with E-state index in [9.17, 15) is 0 Å². The predicted molar refractivity (Wildman–Crippen MR) is 69.2 cm³/mol. The normalized spacial score (nSPS) is 11.3. The van der Waals surface area contributed by atoms with Crippen LogP contribution in [-0.2, 0) is 6.61 Å². The number of ether oxygens (including phenoxy) is 1. The molecule has 0 amide bonds. The van der Waals surface area contributed by atoms with Gasteiger partial charge in [-0.1, -0.05) is 17.3 Å². The number of benzene rings is 1. The monoisotopic (exact) mass is 259 g/mol. The van der Waals surface area contributed by atoms with E-state index in [0.717, 1.165) is 5.56 Å². The number of aromatic nitrogens is 1. The van der Waals surface area contributed by atoms with Gasteiger partial charge in [0, 0.05) is 6.20 Å². The molecule has 0 aliphatic rings. The number of hydrogen-bond donors (Lipinski definition) is 3. The molecule has 6 nitrogen and oxygen atoms in total. The smallest absolute Gasteiger partial charge is 0.230 e. The van der Waals surface area contributed by atoms with Crippen molar-refractivity contribution in [2.75, 3.05) is 0 Å². The number of pyridine rings is 1. The molecule has 0 aliphatic heterocycles. The molecule has 0 radical (unpaired) electrons. The van der Waals surface area contributed by atoms with Gasteiger partial charge in [-0.05, 0) is 29.8 Å². The highest BCUT2D eigenvalue weighted by atomic mass is 16.5. The molecule has 1 aromatic carbocycles. The molecule has 19 heavy (non-hydrogen) atoms. The summed E-state index contributed by atoms with van der Waals surface area (Å²) in [5.74, 6) is 0.715. The fourth-order valence-corrected chi connectivity index (χ4v) is 1.50. The number of aliphatic hydroxyl groups is 1. The fraction of sp³-hybridized carbons (Fsp3) is 0.0769. The number of nitrogens with zero attached hydrogens (tertiary/aromatic N) is 2. The summed E-state index contributed by atoms with van der Waals surface area (Å²) < 4.78 is 5.57. The van der Waals surface area contributed by atoms with Crippen LogP contribution in [0.5, 0.6) is 11.6 Å². The first-order valence-corrected chi connectivity index (χ1v) is 5.55. The lowest BCUT2D eigenvalue weighted by Crippen LogP contribution is -2.14. The molecule has 0 fully saturated rings. The average molecular weight is 259 g/mol. The Morgan fingerprint density at radius 1 is 1.26 bits per heavy atom. The van der Waals surface area contributed by atoms with Gasteiger partial charge in [0.25, 0.3) is 0 Å². The number of amidine groups is 1. The zero-order chi connectivity index (χ0) is 13.7. The lowest BCUT2D eigenvalue weighted by atomic mass is 10.2. The second-order valence-electron chi connectivity index (χ2n) is 3.75. The van der Waals surface area contributed by atoms with Gasteiger partial charge >= 0.3 is 0 Å². The maximum absolute atomic E-state index is 8.95. The Morgan fingerprint density at radius 3 is 2.63 bits per heavy atom. The van der Waals surface area contributed by atoms with Crippen LogP contribution < -0.4 is 10.5 Å². The Morgan fingerprint density at radius 2 is 2.00 bits per heavy atom. The van der Waals surface area contributed by atoms with E-state index in [2.05, 4.69) is 10.1 Å². The second kappa shape index (κ2) is 5.83. The first-order chi connectivity index (χ1) is 9.24. The van der Waals surface area contributed by atoms with E-state index in [4.69, 9.17) is 20.8 Å². The number of oxime groups is 1. The molecule has 2 aromatic rings. The van der Waals surface area contributed by atoms with Crippen LogP contribution in [0.1, 0.15) is 11.1 Å². The van der Waals surface area contributed by atoms with Crippen LogP contribution in [0.25, 0.3) is 0 Å². The molecular weight excluding hydrogens is 246 g/mol. The maximum atomic E-state index is 8.95. The van der Waals surface area contributed by atoms with Crippen LogP contribution in [0.3, 0.4) is 0 Å². The largest absolute Gasteiger partial charge is 0.438 e. The third-order valence-corrected chi connectivity index (χ3v) is 2.48. The molecule has 0 bridgehead atoms. The second-order valence-corrected chi connectivity index (χ2v) is 3.75. The van der Waals surface area contributed by atoms with E-state index in [0.29, 0.717) is 11.3 Å². The van der Waals surface area contributed by atoms with E-state index < -0.39 is 0 Å². The van der Waals surface area contributed by atoms with Crippen molar-refractivity contribution in [1.29, 1.82) is 0 Å². The number of rotatable bonds is 4. The summed E-state index contributed by atoms with van der Waals surface area (Å²) in [6, 6.07) is 10.2. The minimum atomic E-state index is -0.0740. The molecule has 1 aromatic heterocycles. The van der Waals surface area contributed by atoms with E-state index in [1.807, 2.05) is 0 Å². The Labute approximate surface area is 109 Å². The van der Waals surface area contributed by atoms with Crippen molar-refractivity contribution in [1.82, 2.24) is 4.98 Å². The van der Waals surface area contributed by atoms with Gasteiger partial charge in [0.1, 0.15) is 5.75 Å². The van der Waals surface area contributed by atoms with E-state index in [-0.39, 0.29) is 18.3 Å². The van der Waals surface area contributed by atoms with Crippen LogP contribution in [0.2, 0.25) is 0 Å². The van der Waals surface area contributed by atoms with Crippen LogP contribution in [-0.4, -0.2) is 21.1 Å². The minimum absolute atomic E-state index is 0.0285. The Balaban J connectivity index is 2.27. The van der Waals surface area contributed by atoms with Crippen LogP contribution in [0, 0.1) is 0 Å². The maximum Gasteiger partial charge on any atom is 0.230 e. The summed E-state index contributed by atoms with van der Waals surface area (Å²) in [4.78, 5) is 4.04. The summed E-state index contributed by atoms with van der Waals surface area (Å²) in [5.41, 5.74) is 6.72. The summed E-state index contributed by atoms with van der Waals surface area (Å²) in [6.07, 6.45) is 1.55. The molecule has 0 saturated carbocycles. The van der Waals surface area contributed by atoms with Crippen molar-refractivity contribution in [2.24, 2.45) is 10.9 Å². The van der Waals surface area contributed by atoms with Crippen LogP contribution in [0.15, 0.2) is 47.8 Å². The zero-order valence-electron chi connectivity index (χ0n) is 10.0. The van der Waals surface area contributed by atoms with Crippen LogP contribution >= 0.6 is 0 Å². The molecule has 0 unspecified atom stereocenters. The highest BCUT2D eigenvalue weighted by Gasteiger charge is 2.10. The molecule has 0 saturated heterocycles. The van der Waals surface area contributed by atoms with Gasteiger partial charge in [-0.3, -0.25) is 0 Å². The summed E-state index contributed by atoms with van der Waals surface area (Å²) in [7, 11) is 0. The fourth-order valence-electron chi connectivity index (χ4n) is 1.50. The highest BCUT2D eigenvalue weighted by Crippen LogP contribution is 2.23. The summed E-state index contributed by atoms with van der Waals surface area (Å²) in [5, 5.41) is 20.6. The molecule has 2 rings (SSSR count). The van der Waals surface area contributed by atoms with Gasteiger partial charge in [-0.25, -0.2) is 4.98 Å². The standard InChI is InChI=1S/C13H13N3O3/c14-12(16-18)11-2-1-7-15-13(11)19-10-5-3-9(8-17)4-6-10/h1-7,17-18H,8H2,(H2,14,16). The molecule has 4 N–H and O–H groups in total. The molecular formula is C13H13N3O3. The van der Waals surface area contributed by atoms with Crippen molar-refractivity contribution in [3.63, 3.8) is 0 Å². The Kier molecular flexibility index (Phi) is 3.94. The quantitative estimate of drug-likeness (QED) is 0.334. The number of nitrogens with two attached hydrogens (primary N) is 1. The van der Waals surface area contributed by atoms with Gasteiger partial charge < -0.3 is 20.8 Å². The first-order valence-electron chi connectivity index (χ1n) is 5.55. The highest BCUT2D eigenvalue weighted by molar-refractivity contribution is 5.99. The van der Waals surface area contributed by atoms with E-state index in [1.165, 1.54) is 0 Å². The van der Waals surface area contributed by atoms with Crippen molar-refractivity contribution in [3.05, 3.63) is 53.7 Å². The van der Waals surface area contributed by atoms with Gasteiger partial charge in [-0.15, -0.1) is 0 Å². The molecule has 98 valence electrons. The van der Waals surface area contributed by atoms with Crippen LogP contribution in [0.4, 0.5) is 0 Å². The third kappa shape index (κ3) is 2.99. The lowest BCUT2D eigenvalue weighted by Gasteiger charge is -2.08. The predicted octanol–water partition coefficient (Wildman–Crippen LogP) is 1.46. The summed E-state index contributed by atoms with van der Waals surface area (Å²) in [6.45, 7) is -0.0285. The number of hydrogen-bond acceptors (Lipinski definition) is 5. The van der Waals surface area contributed by atoms with Crippen molar-refractivity contribution < 1.29 is 15.1 Å². The van der Waals surface area contributed by atoms with E-state index in [1.54, 1.807) is 42.6 Å². The Hall–Kier alpha value is -2.60. The van der Waals surface area contributed by atoms with Crippen molar-refractivity contribution in [2.45, 2.75) is 6.61 Å². The van der Waals surface area contributed by atoms with Gasteiger partial charge in [0.05, 0.1) is 12.2 Å². The van der Waals surface area contributed by atoms with Gasteiger partial charge in [0.15, 0.2) is 5.84 Å². The minimum Gasteiger partial charge on any atom is -0.438 e. The van der Waals surface area contributed by atoms with Crippen molar-refractivity contribution >= 4 is 5.84 Å². The molecule has 0 atom stereocenters. The molecule has 0 aliphatic carbocycles. The molecule has 1 heterocycles. The first kappa shape index (κ1) is 12.8. The van der Waals surface area contributed by atoms with E-state index >= 15 is 0 Å². The zero-order valence-corrected chi connectivity index (χ0v) is 10.0. The molecule has 0 spiro atoms. The molecule has 6 heteroatoms. The third-order valence-electron chi connectivity index (χ3n) is 2.48. The van der Waals surface area contributed by atoms with Crippen molar-refractivity contribution in [3.8, 4) is 11.6 Å². The lowest BCUT2D eigenvalue weighted by molar-refractivity contribution is 0.281. The SMILES string of the molecule is N/C(=N/O)c1cccnc1Oc1ccc(CO)cc1. The average Bonchev–Trinajstić information content (AvgIpc) is 2.48. The van der Waals surface area contributed by atoms with Gasteiger partial charge in [0.2, 0.25) is 5.88 Å². The Bertz CT molecular complexity index is 582. The number of aliphatic hydroxyl groups excluding tert-OH is 1. The van der Waals surface area contributed by atoms with Gasteiger partial charge in [-0.2, -0.15) is 0 Å².